The number of carbonyl (C=O) groups is 1. The van der Waals surface area contributed by atoms with Crippen LogP contribution in [-0.2, 0) is 0 Å². The summed E-state index contributed by atoms with van der Waals surface area (Å²) in [6.07, 6.45) is 0. The molecule has 1 N–H and O–H groups in total. The van der Waals surface area contributed by atoms with Crippen molar-refractivity contribution < 1.29 is 19.0 Å². The average molecular weight is 415 g/mol. The van der Waals surface area contributed by atoms with Crippen LogP contribution in [0.5, 0.6) is 11.5 Å². The van der Waals surface area contributed by atoms with E-state index >= 15 is 0 Å². The lowest BCUT2D eigenvalue weighted by Crippen LogP contribution is -2.01. The molecule has 21 heavy (non-hydrogen) atoms. The molecule has 0 spiro atoms. The van der Waals surface area contributed by atoms with Crippen molar-refractivity contribution >= 4 is 37.8 Å². The van der Waals surface area contributed by atoms with Crippen LogP contribution in [0.25, 0.3) is 0 Å². The molecule has 2 aromatic carbocycles. The molecule has 7 heteroatoms. The summed E-state index contributed by atoms with van der Waals surface area (Å²) in [6.45, 7) is 0. The van der Waals surface area contributed by atoms with Crippen molar-refractivity contribution in [2.45, 2.75) is 0 Å². The Kier molecular flexibility index (Phi) is 4.60. The molecule has 4 nitrogen and oxygen atoms in total. The highest BCUT2D eigenvalue weighted by atomic mass is 79.9. The molecule has 0 amide bonds. The number of carboxylic acid groups (broad SMARTS) is 1. The molecule has 0 aliphatic carbocycles. The van der Waals surface area contributed by atoms with E-state index in [1.165, 1.54) is 24.3 Å². The molecule has 0 bridgehead atoms. The zero-order valence-corrected chi connectivity index (χ0v) is 13.4. The van der Waals surface area contributed by atoms with Crippen LogP contribution in [0.4, 0.5) is 4.39 Å². The number of benzene rings is 2. The molecular weight excluding hydrogens is 409 g/mol. The Morgan fingerprint density at radius 3 is 2.52 bits per heavy atom. The van der Waals surface area contributed by atoms with Crippen molar-refractivity contribution in [2.24, 2.45) is 0 Å². The van der Waals surface area contributed by atoms with Gasteiger partial charge in [-0.2, -0.15) is 5.26 Å². The highest BCUT2D eigenvalue weighted by Crippen LogP contribution is 2.33. The lowest BCUT2D eigenvalue weighted by Gasteiger charge is -2.11. The molecule has 0 aliphatic heterocycles. The third-order valence-electron chi connectivity index (χ3n) is 2.56. The van der Waals surface area contributed by atoms with Crippen molar-refractivity contribution in [2.75, 3.05) is 0 Å². The van der Waals surface area contributed by atoms with E-state index in [1.54, 1.807) is 6.07 Å². The number of rotatable bonds is 3. The summed E-state index contributed by atoms with van der Waals surface area (Å²) >= 11 is 6.12. The van der Waals surface area contributed by atoms with Gasteiger partial charge in [0, 0.05) is 4.47 Å². The quantitative estimate of drug-likeness (QED) is 0.789. The molecule has 0 aromatic heterocycles. The second kappa shape index (κ2) is 6.24. The number of nitrogens with zero attached hydrogens (tertiary/aromatic N) is 1. The van der Waals surface area contributed by atoms with Crippen LogP contribution in [0, 0.1) is 17.1 Å². The van der Waals surface area contributed by atoms with Crippen LogP contribution in [0.3, 0.4) is 0 Å². The first-order valence-electron chi connectivity index (χ1n) is 5.53. The van der Waals surface area contributed by atoms with Crippen LogP contribution in [0.15, 0.2) is 39.3 Å². The van der Waals surface area contributed by atoms with Crippen molar-refractivity contribution in [1.29, 1.82) is 5.26 Å². The SMILES string of the molecule is N#Cc1ccc(Oc2ccc(Br)cc2C(=O)O)c(F)c1Br. The summed E-state index contributed by atoms with van der Waals surface area (Å²) in [5.41, 5.74) is 0.0124. The topological polar surface area (TPSA) is 70.3 Å². The minimum absolute atomic E-state index is 0.00112. The van der Waals surface area contributed by atoms with E-state index in [2.05, 4.69) is 31.9 Å². The first-order chi connectivity index (χ1) is 9.93. The molecule has 0 saturated heterocycles. The molecule has 0 unspecified atom stereocenters. The van der Waals surface area contributed by atoms with Gasteiger partial charge in [-0.25, -0.2) is 9.18 Å². The monoisotopic (exact) mass is 413 g/mol. The average Bonchev–Trinajstić information content (AvgIpc) is 2.45. The fourth-order valence-electron chi connectivity index (χ4n) is 1.57. The van der Waals surface area contributed by atoms with E-state index in [0.717, 1.165) is 0 Å². The van der Waals surface area contributed by atoms with Gasteiger partial charge >= 0.3 is 5.97 Å². The molecular formula is C14H6Br2FNO3. The maximum Gasteiger partial charge on any atom is 0.339 e. The van der Waals surface area contributed by atoms with Crippen molar-refractivity contribution in [3.8, 4) is 17.6 Å². The van der Waals surface area contributed by atoms with Crippen LogP contribution < -0.4 is 4.74 Å². The fourth-order valence-corrected chi connectivity index (χ4v) is 2.35. The van der Waals surface area contributed by atoms with Gasteiger partial charge in [-0.1, -0.05) is 15.9 Å². The molecule has 0 heterocycles. The molecule has 0 saturated carbocycles. The number of halogens is 3. The molecule has 0 aliphatic rings. The van der Waals surface area contributed by atoms with Gasteiger partial charge in [0.15, 0.2) is 11.6 Å². The van der Waals surface area contributed by atoms with Crippen LogP contribution in [0.1, 0.15) is 15.9 Å². The van der Waals surface area contributed by atoms with Crippen molar-refractivity contribution in [3.63, 3.8) is 0 Å². The third kappa shape index (κ3) is 3.23. The van der Waals surface area contributed by atoms with Gasteiger partial charge in [-0.15, -0.1) is 0 Å². The molecule has 0 atom stereocenters. The van der Waals surface area contributed by atoms with E-state index in [0.29, 0.717) is 4.47 Å². The van der Waals surface area contributed by atoms with Gasteiger partial charge in [0.2, 0.25) is 0 Å². The van der Waals surface area contributed by atoms with Gasteiger partial charge < -0.3 is 9.84 Å². The standard InChI is InChI=1S/C14H6Br2FNO3/c15-8-2-4-10(9(5-8)14(19)20)21-11-3-1-7(6-18)12(16)13(11)17/h1-5H,(H,19,20). The van der Waals surface area contributed by atoms with E-state index < -0.39 is 11.8 Å². The number of ether oxygens (including phenoxy) is 1. The number of hydrogen-bond donors (Lipinski definition) is 1. The van der Waals surface area contributed by atoms with E-state index in [4.69, 9.17) is 15.1 Å². The van der Waals surface area contributed by atoms with Crippen LogP contribution in [0.2, 0.25) is 0 Å². The number of hydrogen-bond acceptors (Lipinski definition) is 3. The van der Waals surface area contributed by atoms with Gasteiger partial charge in [0.1, 0.15) is 17.4 Å². The Morgan fingerprint density at radius 2 is 1.90 bits per heavy atom. The number of aromatic carboxylic acids is 1. The van der Waals surface area contributed by atoms with Crippen LogP contribution >= 0.6 is 31.9 Å². The molecule has 106 valence electrons. The van der Waals surface area contributed by atoms with Crippen molar-refractivity contribution in [3.05, 3.63) is 56.2 Å². The highest BCUT2D eigenvalue weighted by Gasteiger charge is 2.17. The molecule has 2 rings (SSSR count). The van der Waals surface area contributed by atoms with E-state index in [1.807, 2.05) is 6.07 Å². The molecule has 0 fully saturated rings. The van der Waals surface area contributed by atoms with Gasteiger partial charge in [-0.3, -0.25) is 0 Å². The number of nitriles is 1. The Morgan fingerprint density at radius 1 is 1.24 bits per heavy atom. The van der Waals surface area contributed by atoms with Gasteiger partial charge in [0.05, 0.1) is 10.0 Å². The predicted octanol–water partition coefficient (Wildman–Crippen LogP) is 4.71. The molecule has 0 radical (unpaired) electrons. The number of carboxylic acids is 1. The lowest BCUT2D eigenvalue weighted by molar-refractivity contribution is 0.0694. The smallest absolute Gasteiger partial charge is 0.339 e. The first kappa shape index (κ1) is 15.5. The largest absolute Gasteiger partial charge is 0.478 e. The Bertz CT molecular complexity index is 772. The van der Waals surface area contributed by atoms with Gasteiger partial charge in [-0.05, 0) is 46.3 Å². The predicted molar refractivity (Wildman–Crippen MR) is 80.0 cm³/mol. The first-order valence-corrected chi connectivity index (χ1v) is 7.11. The summed E-state index contributed by atoms with van der Waals surface area (Å²) in [6, 6.07) is 8.82. The lowest BCUT2D eigenvalue weighted by atomic mass is 10.2. The summed E-state index contributed by atoms with van der Waals surface area (Å²) < 4.78 is 19.9. The van der Waals surface area contributed by atoms with Gasteiger partial charge in [0.25, 0.3) is 0 Å². The maximum atomic E-state index is 14.1. The minimum Gasteiger partial charge on any atom is -0.478 e. The van der Waals surface area contributed by atoms with E-state index in [9.17, 15) is 9.18 Å². The maximum absolute atomic E-state index is 14.1. The Labute approximate surface area is 136 Å². The highest BCUT2D eigenvalue weighted by molar-refractivity contribution is 9.10. The summed E-state index contributed by atoms with van der Waals surface area (Å²) in [5, 5.41) is 17.9. The zero-order valence-electron chi connectivity index (χ0n) is 10.2. The Balaban J connectivity index is 2.47. The van der Waals surface area contributed by atoms with E-state index in [-0.39, 0.29) is 27.1 Å². The summed E-state index contributed by atoms with van der Waals surface area (Å²) in [7, 11) is 0. The normalized spacial score (nSPS) is 10.0. The minimum atomic E-state index is -1.19. The second-order valence-electron chi connectivity index (χ2n) is 3.90. The zero-order chi connectivity index (χ0) is 15.6. The fraction of sp³-hybridized carbons (Fsp3) is 0. The van der Waals surface area contributed by atoms with Crippen molar-refractivity contribution in [1.82, 2.24) is 0 Å². The second-order valence-corrected chi connectivity index (χ2v) is 5.61. The Hall–Kier alpha value is -1.91. The summed E-state index contributed by atoms with van der Waals surface area (Å²) in [5.74, 6) is -2.14. The summed E-state index contributed by atoms with van der Waals surface area (Å²) in [4.78, 5) is 11.2. The van der Waals surface area contributed by atoms with Crippen LogP contribution in [-0.4, -0.2) is 11.1 Å². The third-order valence-corrected chi connectivity index (χ3v) is 3.83. The molecule has 2 aromatic rings.